The summed E-state index contributed by atoms with van der Waals surface area (Å²) in [6, 6.07) is 0. The van der Waals surface area contributed by atoms with Crippen molar-refractivity contribution in [2.45, 2.75) is 13.8 Å². The largest absolute Gasteiger partial charge is 0.394 e. The number of hydrogen-bond donors (Lipinski definition) is 2. The minimum absolute atomic E-state index is 0.562. The lowest BCUT2D eigenvalue weighted by molar-refractivity contribution is -0.176. The highest BCUT2D eigenvalue weighted by Crippen LogP contribution is 1.73. The van der Waals surface area contributed by atoms with Crippen LogP contribution in [0.4, 0.5) is 0 Å². The van der Waals surface area contributed by atoms with E-state index in [1.807, 2.05) is 0 Å². The van der Waals surface area contributed by atoms with Gasteiger partial charge in [0.25, 0.3) is 0 Å². The monoisotopic (exact) mass is 136 g/mol. The third kappa shape index (κ3) is 19.3. The topological polar surface area (TPSA) is 83.8 Å². The third-order valence-electron chi connectivity index (χ3n) is 0.287. The second-order valence-corrected chi connectivity index (χ2v) is 1.09. The van der Waals surface area contributed by atoms with Gasteiger partial charge in [-0.15, -0.1) is 0 Å². The molecule has 0 radical (unpaired) electrons. The van der Waals surface area contributed by atoms with Gasteiger partial charge in [-0.05, 0) is 0 Å². The lowest BCUT2D eigenvalue weighted by atomic mass is 10.7. The minimum Gasteiger partial charge on any atom is -0.394 e. The molecule has 0 saturated carbocycles. The maximum atomic E-state index is 9.81. The number of carbonyl (C=O) groups excluding carboxylic acids is 2. The molecule has 0 unspecified atom stereocenters. The van der Waals surface area contributed by atoms with Gasteiger partial charge in [-0.2, -0.15) is 0 Å². The molecular formula is C4H8O5. The van der Waals surface area contributed by atoms with E-state index < -0.39 is 11.9 Å². The lowest BCUT2D eigenvalue weighted by Gasteiger charge is -1.87. The van der Waals surface area contributed by atoms with Crippen molar-refractivity contribution in [2.75, 3.05) is 0 Å². The number of carbonyl (C=O) groups is 2. The van der Waals surface area contributed by atoms with Crippen molar-refractivity contribution in [3.63, 3.8) is 0 Å². The quantitative estimate of drug-likeness (QED) is 0.214. The van der Waals surface area contributed by atoms with Gasteiger partial charge in [-0.25, -0.2) is 0 Å². The summed E-state index contributed by atoms with van der Waals surface area (Å²) < 4.78 is 3.97. The maximum Gasteiger partial charge on any atom is 0.310 e. The fraction of sp³-hybridized carbons (Fsp3) is 0.500. The highest BCUT2D eigenvalue weighted by Gasteiger charge is 1.93. The molecule has 0 aliphatic heterocycles. The molecular weight excluding hydrogens is 128 g/mol. The molecule has 0 aliphatic carbocycles. The first kappa shape index (κ1) is 10.9. The number of ether oxygens (including phenoxy) is 1. The summed E-state index contributed by atoms with van der Waals surface area (Å²) in [7, 11) is 0. The Morgan fingerprint density at radius 3 is 1.33 bits per heavy atom. The van der Waals surface area contributed by atoms with E-state index in [9.17, 15) is 9.59 Å². The van der Waals surface area contributed by atoms with Gasteiger partial charge < -0.3 is 4.74 Å². The van der Waals surface area contributed by atoms with Crippen LogP contribution in [0.3, 0.4) is 0 Å². The van der Waals surface area contributed by atoms with Crippen LogP contribution in [-0.2, 0) is 14.3 Å². The number of esters is 2. The summed E-state index contributed by atoms with van der Waals surface area (Å²) in [5, 5.41) is 12.0. The van der Waals surface area contributed by atoms with Crippen LogP contribution in [0, 0.1) is 0 Å². The molecule has 0 rings (SSSR count). The summed E-state index contributed by atoms with van der Waals surface area (Å²) in [5.74, 6) is -1.12. The molecule has 0 aromatic carbocycles. The van der Waals surface area contributed by atoms with Crippen LogP contribution >= 0.6 is 0 Å². The smallest absolute Gasteiger partial charge is 0.310 e. The molecule has 5 heteroatoms. The third-order valence-corrected chi connectivity index (χ3v) is 0.287. The van der Waals surface area contributed by atoms with Gasteiger partial charge in [0.15, 0.2) is 0 Å². The van der Waals surface area contributed by atoms with Crippen LogP contribution in [0.25, 0.3) is 0 Å². The van der Waals surface area contributed by atoms with E-state index >= 15 is 0 Å². The molecule has 0 bridgehead atoms. The van der Waals surface area contributed by atoms with Crippen molar-refractivity contribution in [3.8, 4) is 0 Å². The second kappa shape index (κ2) is 7.06. The fourth-order valence-corrected chi connectivity index (χ4v) is 0.202. The van der Waals surface area contributed by atoms with Gasteiger partial charge in [0, 0.05) is 13.8 Å². The van der Waals surface area contributed by atoms with E-state index in [1.54, 1.807) is 0 Å². The zero-order valence-electron chi connectivity index (χ0n) is 5.12. The minimum atomic E-state index is -0.562. The first-order chi connectivity index (χ1) is 4.13. The predicted molar refractivity (Wildman–Crippen MR) is 27.7 cm³/mol. The van der Waals surface area contributed by atoms with Crippen molar-refractivity contribution in [2.24, 2.45) is 0 Å². The zero-order valence-corrected chi connectivity index (χ0v) is 5.12. The first-order valence-corrected chi connectivity index (χ1v) is 2.02. The van der Waals surface area contributed by atoms with Gasteiger partial charge in [0.2, 0.25) is 0 Å². The molecule has 0 atom stereocenters. The normalized spacial score (nSPS) is 6.67. The Bertz CT molecular complexity index is 85.1. The Morgan fingerprint density at radius 2 is 1.33 bits per heavy atom. The van der Waals surface area contributed by atoms with Crippen molar-refractivity contribution in [1.82, 2.24) is 0 Å². The van der Waals surface area contributed by atoms with Crippen molar-refractivity contribution in [3.05, 3.63) is 0 Å². The summed E-state index contributed by atoms with van der Waals surface area (Å²) >= 11 is 0. The van der Waals surface area contributed by atoms with E-state index in [2.05, 4.69) is 4.74 Å². The molecule has 0 spiro atoms. The number of rotatable bonds is 0. The van der Waals surface area contributed by atoms with Gasteiger partial charge in [0.05, 0.1) is 0 Å². The van der Waals surface area contributed by atoms with Gasteiger partial charge in [-0.1, -0.05) is 0 Å². The van der Waals surface area contributed by atoms with Gasteiger partial charge in [-0.3, -0.25) is 20.1 Å². The summed E-state index contributed by atoms with van der Waals surface area (Å²) in [6.07, 6.45) is 0. The molecule has 0 fully saturated rings. The summed E-state index contributed by atoms with van der Waals surface area (Å²) in [6.45, 7) is 2.36. The lowest BCUT2D eigenvalue weighted by Crippen LogP contribution is -2.03. The molecule has 0 saturated heterocycles. The highest BCUT2D eigenvalue weighted by molar-refractivity contribution is 5.82. The van der Waals surface area contributed by atoms with Crippen molar-refractivity contribution >= 4 is 11.9 Å². The average Bonchev–Trinajstić information content (AvgIpc) is 1.68. The highest BCUT2D eigenvalue weighted by atomic mass is 17.0. The Balaban J connectivity index is 0. The molecule has 9 heavy (non-hydrogen) atoms. The standard InChI is InChI=1S/C4H6O3.H2O2/c1-3(5)7-4(2)6;1-2/h1-2H3;1-2H. The zero-order chi connectivity index (χ0) is 7.86. The van der Waals surface area contributed by atoms with Crippen LogP contribution in [-0.4, -0.2) is 22.5 Å². The Kier molecular flexibility index (Phi) is 8.58. The Morgan fingerprint density at radius 1 is 1.11 bits per heavy atom. The van der Waals surface area contributed by atoms with Gasteiger partial charge in [0.1, 0.15) is 0 Å². The van der Waals surface area contributed by atoms with E-state index in [-0.39, 0.29) is 0 Å². The SMILES string of the molecule is CC(=O)OC(C)=O.OO. The molecule has 0 heterocycles. The maximum absolute atomic E-state index is 9.81. The fourth-order valence-electron chi connectivity index (χ4n) is 0.202. The molecule has 54 valence electrons. The Labute approximate surface area is 51.8 Å². The Hall–Kier alpha value is -0.940. The molecule has 0 amide bonds. The average molecular weight is 136 g/mol. The predicted octanol–water partition coefficient (Wildman–Crippen LogP) is 0.113. The van der Waals surface area contributed by atoms with Gasteiger partial charge >= 0.3 is 11.9 Å². The molecule has 5 nitrogen and oxygen atoms in total. The van der Waals surface area contributed by atoms with Crippen LogP contribution in [0.15, 0.2) is 0 Å². The first-order valence-electron chi connectivity index (χ1n) is 2.02. The van der Waals surface area contributed by atoms with Crippen LogP contribution in [0.1, 0.15) is 13.8 Å². The van der Waals surface area contributed by atoms with Crippen LogP contribution < -0.4 is 0 Å². The van der Waals surface area contributed by atoms with E-state index in [1.165, 1.54) is 13.8 Å². The van der Waals surface area contributed by atoms with E-state index in [0.717, 1.165) is 0 Å². The van der Waals surface area contributed by atoms with E-state index in [0.29, 0.717) is 0 Å². The number of hydrogen-bond acceptors (Lipinski definition) is 5. The molecule has 0 aromatic rings. The van der Waals surface area contributed by atoms with Crippen molar-refractivity contribution in [1.29, 1.82) is 0 Å². The summed E-state index contributed by atoms with van der Waals surface area (Å²) in [5.41, 5.74) is 0. The van der Waals surface area contributed by atoms with Crippen LogP contribution in [0.5, 0.6) is 0 Å². The molecule has 0 aliphatic rings. The van der Waals surface area contributed by atoms with E-state index in [4.69, 9.17) is 10.5 Å². The second-order valence-electron chi connectivity index (χ2n) is 1.09. The molecule has 2 N–H and O–H groups in total. The van der Waals surface area contributed by atoms with Crippen LogP contribution in [0.2, 0.25) is 0 Å². The summed E-state index contributed by atoms with van der Waals surface area (Å²) in [4.78, 5) is 19.6. The molecule has 0 aromatic heterocycles. The van der Waals surface area contributed by atoms with Crippen molar-refractivity contribution < 1.29 is 24.8 Å².